The van der Waals surface area contributed by atoms with Crippen LogP contribution in [-0.2, 0) is 4.79 Å². The number of carbonyl (C=O) groups is 1. The van der Waals surface area contributed by atoms with Crippen molar-refractivity contribution in [3.63, 3.8) is 0 Å². The molecule has 1 amide bonds. The lowest BCUT2D eigenvalue weighted by atomic mass is 10.1. The zero-order valence-electron chi connectivity index (χ0n) is 11.8. The summed E-state index contributed by atoms with van der Waals surface area (Å²) >= 11 is 0. The van der Waals surface area contributed by atoms with E-state index in [0.717, 1.165) is 0 Å². The molecule has 1 aliphatic rings. The van der Waals surface area contributed by atoms with Gasteiger partial charge in [0.15, 0.2) is 0 Å². The maximum atomic E-state index is 13.9. The third-order valence-electron chi connectivity index (χ3n) is 3.45. The van der Waals surface area contributed by atoms with E-state index in [1.165, 1.54) is 19.2 Å². The van der Waals surface area contributed by atoms with Crippen molar-refractivity contribution in [1.29, 1.82) is 0 Å². The Balaban J connectivity index is 2.08. The summed E-state index contributed by atoms with van der Waals surface area (Å²) in [5.74, 6) is -3.69. The SMILES string of the molecule is COc1cccc(F)c1C(C)NC(=O)C1CC(F)(F)CN1. The molecule has 0 radical (unpaired) electrons. The van der Waals surface area contributed by atoms with Gasteiger partial charge in [0.2, 0.25) is 5.91 Å². The number of carbonyl (C=O) groups excluding carboxylic acids is 1. The van der Waals surface area contributed by atoms with Crippen molar-refractivity contribution in [2.45, 2.75) is 31.4 Å². The smallest absolute Gasteiger partial charge is 0.262 e. The summed E-state index contributed by atoms with van der Waals surface area (Å²) in [7, 11) is 1.39. The summed E-state index contributed by atoms with van der Waals surface area (Å²) < 4.78 is 45.1. The highest BCUT2D eigenvalue weighted by Gasteiger charge is 2.42. The number of nitrogens with one attached hydrogen (secondary N) is 2. The lowest BCUT2D eigenvalue weighted by Crippen LogP contribution is -2.41. The van der Waals surface area contributed by atoms with E-state index in [-0.39, 0.29) is 5.56 Å². The summed E-state index contributed by atoms with van der Waals surface area (Å²) in [6.07, 6.45) is -0.556. The molecule has 1 aliphatic heterocycles. The zero-order valence-corrected chi connectivity index (χ0v) is 11.8. The van der Waals surface area contributed by atoms with Gasteiger partial charge in [-0.25, -0.2) is 13.2 Å². The van der Waals surface area contributed by atoms with E-state index >= 15 is 0 Å². The van der Waals surface area contributed by atoms with Crippen LogP contribution in [-0.4, -0.2) is 31.5 Å². The number of hydrogen-bond donors (Lipinski definition) is 2. The molecule has 7 heteroatoms. The first-order chi connectivity index (χ1) is 9.84. The Bertz CT molecular complexity index is 537. The largest absolute Gasteiger partial charge is 0.496 e. The molecule has 0 bridgehead atoms. The van der Waals surface area contributed by atoms with Gasteiger partial charge >= 0.3 is 0 Å². The summed E-state index contributed by atoms with van der Waals surface area (Å²) in [4.78, 5) is 12.0. The van der Waals surface area contributed by atoms with E-state index in [0.29, 0.717) is 5.75 Å². The lowest BCUT2D eigenvalue weighted by molar-refractivity contribution is -0.124. The topological polar surface area (TPSA) is 50.4 Å². The van der Waals surface area contributed by atoms with E-state index in [9.17, 15) is 18.0 Å². The minimum absolute atomic E-state index is 0.193. The minimum atomic E-state index is -2.89. The summed E-state index contributed by atoms with van der Waals surface area (Å²) in [5, 5.41) is 5.00. The van der Waals surface area contributed by atoms with E-state index in [2.05, 4.69) is 10.6 Å². The molecule has 2 atom stereocenters. The molecule has 1 aromatic carbocycles. The average molecular weight is 302 g/mol. The van der Waals surface area contributed by atoms with Crippen molar-refractivity contribution in [1.82, 2.24) is 10.6 Å². The van der Waals surface area contributed by atoms with Gasteiger partial charge < -0.3 is 10.1 Å². The standard InChI is InChI=1S/C14H17F3N2O2/c1-8(12-9(15)4-3-5-11(12)21-2)19-13(20)10-6-14(16,17)7-18-10/h3-5,8,10,18H,6-7H2,1-2H3,(H,19,20). The molecule has 0 spiro atoms. The second-order valence-electron chi connectivity index (χ2n) is 5.08. The van der Waals surface area contributed by atoms with Gasteiger partial charge in [-0.3, -0.25) is 10.1 Å². The molecule has 0 saturated carbocycles. The first-order valence-corrected chi connectivity index (χ1v) is 6.58. The Labute approximate surface area is 120 Å². The average Bonchev–Trinajstić information content (AvgIpc) is 2.78. The lowest BCUT2D eigenvalue weighted by Gasteiger charge is -2.20. The Morgan fingerprint density at radius 1 is 1.52 bits per heavy atom. The zero-order chi connectivity index (χ0) is 15.6. The highest BCUT2D eigenvalue weighted by molar-refractivity contribution is 5.82. The van der Waals surface area contributed by atoms with E-state index in [1.54, 1.807) is 13.0 Å². The van der Waals surface area contributed by atoms with Crippen LogP contribution in [0.4, 0.5) is 13.2 Å². The van der Waals surface area contributed by atoms with E-state index in [1.807, 2.05) is 0 Å². The summed E-state index contributed by atoms with van der Waals surface area (Å²) in [6, 6.07) is 2.65. The molecule has 1 heterocycles. The third-order valence-corrected chi connectivity index (χ3v) is 3.45. The fourth-order valence-corrected chi connectivity index (χ4v) is 2.40. The molecule has 1 fully saturated rings. The van der Waals surface area contributed by atoms with Gasteiger partial charge in [0.05, 0.1) is 31.3 Å². The van der Waals surface area contributed by atoms with E-state index in [4.69, 9.17) is 4.74 Å². The molecular weight excluding hydrogens is 285 g/mol. The van der Waals surface area contributed by atoms with Crippen LogP contribution < -0.4 is 15.4 Å². The predicted molar refractivity (Wildman–Crippen MR) is 70.9 cm³/mol. The molecule has 2 unspecified atom stereocenters. The van der Waals surface area contributed by atoms with Crippen LogP contribution in [0.2, 0.25) is 0 Å². The normalized spacial score (nSPS) is 21.9. The molecule has 2 N–H and O–H groups in total. The van der Waals surface area contributed by atoms with Gasteiger partial charge in [-0.05, 0) is 19.1 Å². The number of ether oxygens (including phenoxy) is 1. The number of rotatable bonds is 4. The number of hydrogen-bond acceptors (Lipinski definition) is 3. The van der Waals surface area contributed by atoms with Gasteiger partial charge in [0.25, 0.3) is 5.92 Å². The van der Waals surface area contributed by atoms with Crippen molar-refractivity contribution in [3.8, 4) is 5.75 Å². The molecular formula is C14H17F3N2O2. The molecule has 1 saturated heterocycles. The molecule has 1 aromatic rings. The Morgan fingerprint density at radius 3 is 2.81 bits per heavy atom. The van der Waals surface area contributed by atoms with Crippen LogP contribution in [0.15, 0.2) is 18.2 Å². The quantitative estimate of drug-likeness (QED) is 0.894. The highest BCUT2D eigenvalue weighted by atomic mass is 19.3. The van der Waals surface area contributed by atoms with Crippen molar-refractivity contribution in [2.24, 2.45) is 0 Å². The van der Waals surface area contributed by atoms with Crippen LogP contribution in [0.5, 0.6) is 5.75 Å². The van der Waals surface area contributed by atoms with Gasteiger partial charge in [0.1, 0.15) is 11.6 Å². The van der Waals surface area contributed by atoms with Crippen molar-refractivity contribution >= 4 is 5.91 Å². The van der Waals surface area contributed by atoms with Crippen molar-refractivity contribution in [2.75, 3.05) is 13.7 Å². The van der Waals surface area contributed by atoms with Crippen LogP contribution >= 0.6 is 0 Å². The number of amides is 1. The van der Waals surface area contributed by atoms with Crippen molar-refractivity contribution in [3.05, 3.63) is 29.6 Å². The third kappa shape index (κ3) is 3.47. The second-order valence-corrected chi connectivity index (χ2v) is 5.08. The molecule has 116 valence electrons. The van der Waals surface area contributed by atoms with Crippen molar-refractivity contribution < 1.29 is 22.7 Å². The maximum Gasteiger partial charge on any atom is 0.262 e. The van der Waals surface area contributed by atoms with Crippen LogP contribution in [0.1, 0.15) is 24.9 Å². The maximum absolute atomic E-state index is 13.9. The highest BCUT2D eigenvalue weighted by Crippen LogP contribution is 2.29. The number of benzene rings is 1. The monoisotopic (exact) mass is 302 g/mol. The molecule has 4 nitrogen and oxygen atoms in total. The molecule has 2 rings (SSSR count). The molecule has 0 aromatic heterocycles. The molecule has 0 aliphatic carbocycles. The minimum Gasteiger partial charge on any atom is -0.496 e. The Morgan fingerprint density at radius 2 is 2.24 bits per heavy atom. The first kappa shape index (κ1) is 15.6. The number of methoxy groups -OCH3 is 1. The van der Waals surface area contributed by atoms with Crippen LogP contribution in [0, 0.1) is 5.82 Å². The van der Waals surface area contributed by atoms with E-state index < -0.39 is 42.7 Å². The van der Waals surface area contributed by atoms with Crippen LogP contribution in [0.3, 0.4) is 0 Å². The Hall–Kier alpha value is -1.76. The molecule has 21 heavy (non-hydrogen) atoms. The van der Waals surface area contributed by atoms with Crippen LogP contribution in [0.25, 0.3) is 0 Å². The summed E-state index contributed by atoms with van der Waals surface area (Å²) in [6.45, 7) is 1.05. The number of halogens is 3. The van der Waals surface area contributed by atoms with Gasteiger partial charge in [-0.2, -0.15) is 0 Å². The summed E-state index contributed by atoms with van der Waals surface area (Å²) in [5.41, 5.74) is 0.193. The Kier molecular flexibility index (Phi) is 4.41. The second kappa shape index (κ2) is 5.93. The van der Waals surface area contributed by atoms with Gasteiger partial charge in [-0.1, -0.05) is 6.07 Å². The fraction of sp³-hybridized carbons (Fsp3) is 0.500. The van der Waals surface area contributed by atoms with Gasteiger partial charge in [0, 0.05) is 6.42 Å². The first-order valence-electron chi connectivity index (χ1n) is 6.58. The fourth-order valence-electron chi connectivity index (χ4n) is 2.40. The van der Waals surface area contributed by atoms with Gasteiger partial charge in [-0.15, -0.1) is 0 Å². The predicted octanol–water partition coefficient (Wildman–Crippen LogP) is 2.01. The number of alkyl halides is 2.